The third kappa shape index (κ3) is 4.17. The Kier molecular flexibility index (Phi) is 6.33. The molecule has 176 valence electrons. The number of likely N-dealkylation sites (N-methyl/N-ethyl adjacent to an activating group) is 1. The van der Waals surface area contributed by atoms with Gasteiger partial charge >= 0.3 is 0 Å². The van der Waals surface area contributed by atoms with Crippen molar-refractivity contribution in [1.82, 2.24) is 9.47 Å². The zero-order chi connectivity index (χ0) is 23.9. The van der Waals surface area contributed by atoms with Crippen molar-refractivity contribution in [2.24, 2.45) is 0 Å². The summed E-state index contributed by atoms with van der Waals surface area (Å²) in [5, 5.41) is 0.0803. The lowest BCUT2D eigenvalue weighted by atomic mass is 10.1. The monoisotopic (exact) mass is 471 g/mol. The summed E-state index contributed by atoms with van der Waals surface area (Å²) in [5.74, 6) is -0.506. The van der Waals surface area contributed by atoms with Gasteiger partial charge in [0.25, 0.3) is 0 Å². The second-order valence-corrected chi connectivity index (χ2v) is 10.5. The maximum absolute atomic E-state index is 15.2. The summed E-state index contributed by atoms with van der Waals surface area (Å²) in [5.41, 5.74) is 1.67. The van der Waals surface area contributed by atoms with E-state index < -0.39 is 21.1 Å². The van der Waals surface area contributed by atoms with Gasteiger partial charge < -0.3 is 14.4 Å². The topological polar surface area (TPSA) is 62.6 Å². The Bertz CT molecular complexity index is 1370. The minimum absolute atomic E-state index is 0.0803. The third-order valence-corrected chi connectivity index (χ3v) is 8.43. The van der Waals surface area contributed by atoms with Gasteiger partial charge in [-0.25, -0.2) is 12.8 Å². The standard InChI is InChI=1S/C25H30FN3O3S/c1-5-27-9-11-29(12-10-27)22-15-21-19(14-20(22)26)25(30)24(16-28(21)6-2)33(31,32)23-13-17(3)7-8-18(23)4/h7-8,13-16H,5-6,9-12H2,1-4H3. The van der Waals surface area contributed by atoms with Crippen LogP contribution in [0.2, 0.25) is 0 Å². The summed E-state index contributed by atoms with van der Waals surface area (Å²) < 4.78 is 43.9. The fourth-order valence-corrected chi connectivity index (χ4v) is 6.18. The first kappa shape index (κ1) is 23.4. The van der Waals surface area contributed by atoms with E-state index in [0.29, 0.717) is 36.4 Å². The largest absolute Gasteiger partial charge is 0.367 e. The molecule has 2 aromatic carbocycles. The molecule has 0 spiro atoms. The molecule has 0 radical (unpaired) electrons. The Morgan fingerprint density at radius 2 is 1.64 bits per heavy atom. The van der Waals surface area contributed by atoms with Crippen molar-refractivity contribution in [2.75, 3.05) is 37.6 Å². The molecular weight excluding hydrogens is 441 g/mol. The number of aromatic nitrogens is 1. The number of aryl methyl sites for hydroxylation is 3. The van der Waals surface area contributed by atoms with Gasteiger partial charge in [-0.2, -0.15) is 0 Å². The highest BCUT2D eigenvalue weighted by molar-refractivity contribution is 7.91. The Balaban J connectivity index is 1.88. The lowest BCUT2D eigenvalue weighted by Gasteiger charge is -2.35. The zero-order valence-electron chi connectivity index (χ0n) is 19.6. The Morgan fingerprint density at radius 1 is 0.939 bits per heavy atom. The zero-order valence-corrected chi connectivity index (χ0v) is 20.4. The smallest absolute Gasteiger partial charge is 0.212 e. The van der Waals surface area contributed by atoms with Crippen LogP contribution in [0.15, 0.2) is 51.1 Å². The van der Waals surface area contributed by atoms with Crippen molar-refractivity contribution in [2.45, 2.75) is 44.0 Å². The van der Waals surface area contributed by atoms with Crippen LogP contribution < -0.4 is 10.3 Å². The molecule has 1 saturated heterocycles. The van der Waals surface area contributed by atoms with Crippen LogP contribution in [-0.2, 0) is 16.4 Å². The third-order valence-electron chi connectivity index (χ3n) is 6.54. The predicted molar refractivity (Wildman–Crippen MR) is 130 cm³/mol. The Hall–Kier alpha value is -2.71. The quantitative estimate of drug-likeness (QED) is 0.567. The molecule has 4 rings (SSSR count). The fourth-order valence-electron chi connectivity index (χ4n) is 4.49. The molecule has 1 fully saturated rings. The van der Waals surface area contributed by atoms with E-state index in [9.17, 15) is 13.2 Å². The molecule has 0 N–H and O–H groups in total. The highest BCUT2D eigenvalue weighted by Crippen LogP contribution is 2.29. The second kappa shape index (κ2) is 8.91. The van der Waals surface area contributed by atoms with Crippen LogP contribution in [0.1, 0.15) is 25.0 Å². The van der Waals surface area contributed by atoms with E-state index in [2.05, 4.69) is 11.8 Å². The molecule has 0 amide bonds. The molecule has 8 heteroatoms. The number of rotatable bonds is 5. The minimum atomic E-state index is -4.07. The molecule has 0 unspecified atom stereocenters. The first-order valence-corrected chi connectivity index (χ1v) is 12.8. The van der Waals surface area contributed by atoms with E-state index in [4.69, 9.17) is 0 Å². The van der Waals surface area contributed by atoms with E-state index in [1.54, 1.807) is 36.6 Å². The van der Waals surface area contributed by atoms with E-state index in [1.165, 1.54) is 12.3 Å². The summed E-state index contributed by atoms with van der Waals surface area (Å²) in [6.07, 6.45) is 1.40. The van der Waals surface area contributed by atoms with Gasteiger partial charge in [0.1, 0.15) is 10.7 Å². The minimum Gasteiger partial charge on any atom is -0.367 e. The average Bonchev–Trinajstić information content (AvgIpc) is 2.80. The number of hydrogen-bond acceptors (Lipinski definition) is 5. The summed E-state index contributed by atoms with van der Waals surface area (Å²) in [7, 11) is -4.07. The van der Waals surface area contributed by atoms with Gasteiger partial charge in [0.2, 0.25) is 15.3 Å². The van der Waals surface area contributed by atoms with Crippen molar-refractivity contribution in [3.05, 3.63) is 63.7 Å². The number of fused-ring (bicyclic) bond motifs is 1. The molecule has 1 aliphatic heterocycles. The normalized spacial score (nSPS) is 15.4. The van der Waals surface area contributed by atoms with E-state index in [1.807, 2.05) is 17.9 Å². The maximum Gasteiger partial charge on any atom is 0.212 e. The molecule has 0 bridgehead atoms. The van der Waals surface area contributed by atoms with Gasteiger partial charge in [-0.15, -0.1) is 0 Å². The maximum atomic E-state index is 15.2. The van der Waals surface area contributed by atoms with Crippen LogP contribution in [0.5, 0.6) is 0 Å². The molecule has 6 nitrogen and oxygen atoms in total. The van der Waals surface area contributed by atoms with Crippen LogP contribution in [-0.4, -0.2) is 50.6 Å². The molecule has 1 aromatic heterocycles. The first-order chi connectivity index (χ1) is 15.7. The molecular formula is C25H30FN3O3S. The van der Waals surface area contributed by atoms with Gasteiger partial charge in [0.15, 0.2) is 0 Å². The molecule has 0 atom stereocenters. The van der Waals surface area contributed by atoms with Gasteiger partial charge in [-0.1, -0.05) is 19.1 Å². The number of benzene rings is 2. The highest BCUT2D eigenvalue weighted by atomic mass is 32.2. The summed E-state index contributed by atoms with van der Waals surface area (Å²) in [6, 6.07) is 8.02. The van der Waals surface area contributed by atoms with Crippen LogP contribution in [0.25, 0.3) is 10.9 Å². The molecule has 2 heterocycles. The van der Waals surface area contributed by atoms with Gasteiger partial charge in [0, 0.05) is 38.9 Å². The average molecular weight is 472 g/mol. The van der Waals surface area contributed by atoms with Gasteiger partial charge in [-0.3, -0.25) is 4.79 Å². The molecule has 33 heavy (non-hydrogen) atoms. The van der Waals surface area contributed by atoms with Gasteiger partial charge in [-0.05, 0) is 56.6 Å². The van der Waals surface area contributed by atoms with E-state index in [0.717, 1.165) is 25.2 Å². The van der Waals surface area contributed by atoms with Crippen LogP contribution in [0, 0.1) is 19.7 Å². The lowest BCUT2D eigenvalue weighted by Crippen LogP contribution is -2.46. The van der Waals surface area contributed by atoms with Crippen molar-refractivity contribution >= 4 is 26.4 Å². The van der Waals surface area contributed by atoms with E-state index >= 15 is 4.39 Å². The van der Waals surface area contributed by atoms with Crippen LogP contribution in [0.3, 0.4) is 0 Å². The van der Waals surface area contributed by atoms with Crippen molar-refractivity contribution in [3.63, 3.8) is 0 Å². The van der Waals surface area contributed by atoms with Crippen molar-refractivity contribution < 1.29 is 12.8 Å². The number of hydrogen-bond donors (Lipinski definition) is 0. The second-order valence-electron chi connectivity index (χ2n) is 8.62. The molecule has 1 aliphatic rings. The van der Waals surface area contributed by atoms with Gasteiger partial charge in [0.05, 0.1) is 21.5 Å². The van der Waals surface area contributed by atoms with E-state index in [-0.39, 0.29) is 15.2 Å². The number of pyridine rings is 1. The van der Waals surface area contributed by atoms with Crippen molar-refractivity contribution in [1.29, 1.82) is 0 Å². The SMILES string of the molecule is CCN1CCN(c2cc3c(cc2F)c(=O)c(S(=O)(=O)c2cc(C)ccc2C)cn3CC)CC1. The summed E-state index contributed by atoms with van der Waals surface area (Å²) in [6.45, 7) is 12.0. The van der Waals surface area contributed by atoms with Crippen molar-refractivity contribution in [3.8, 4) is 0 Å². The number of piperazine rings is 1. The molecule has 0 saturated carbocycles. The number of sulfone groups is 1. The highest BCUT2D eigenvalue weighted by Gasteiger charge is 2.27. The Morgan fingerprint density at radius 3 is 2.27 bits per heavy atom. The summed E-state index contributed by atoms with van der Waals surface area (Å²) in [4.78, 5) is 17.4. The fraction of sp³-hybridized carbons (Fsp3) is 0.400. The predicted octanol–water partition coefficient (Wildman–Crippen LogP) is 3.75. The number of anilines is 1. The van der Waals surface area contributed by atoms with Crippen LogP contribution in [0.4, 0.5) is 10.1 Å². The molecule has 3 aromatic rings. The number of nitrogens with zero attached hydrogens (tertiary/aromatic N) is 3. The number of halogens is 1. The Labute approximate surface area is 194 Å². The summed E-state index contributed by atoms with van der Waals surface area (Å²) >= 11 is 0. The first-order valence-electron chi connectivity index (χ1n) is 11.3. The lowest BCUT2D eigenvalue weighted by molar-refractivity contribution is 0.270. The van der Waals surface area contributed by atoms with Crippen LogP contribution >= 0.6 is 0 Å². The molecule has 0 aliphatic carbocycles.